The summed E-state index contributed by atoms with van der Waals surface area (Å²) in [6.45, 7) is 4.13. The average Bonchev–Trinajstić information content (AvgIpc) is 2.99. The molecule has 3 nitrogen and oxygen atoms in total. The quantitative estimate of drug-likeness (QED) is 0.679. The van der Waals surface area contributed by atoms with Gasteiger partial charge in [-0.05, 0) is 38.0 Å². The summed E-state index contributed by atoms with van der Waals surface area (Å²) < 4.78 is 40.5. The van der Waals surface area contributed by atoms with Crippen LogP contribution in [0.1, 0.15) is 31.4 Å². The minimum Gasteiger partial charge on any atom is -0.342 e. The second-order valence-electron chi connectivity index (χ2n) is 7.46. The van der Waals surface area contributed by atoms with Crippen molar-refractivity contribution in [2.75, 3.05) is 18.5 Å². The Kier molecular flexibility index (Phi) is 6.01. The minimum atomic E-state index is -4.45. The molecule has 0 saturated carbocycles. The number of para-hydroxylation sites is 1. The first-order chi connectivity index (χ1) is 13.7. The van der Waals surface area contributed by atoms with Crippen LogP contribution in [0, 0.1) is 0 Å². The lowest BCUT2D eigenvalue weighted by Crippen LogP contribution is -2.30. The van der Waals surface area contributed by atoms with Crippen molar-refractivity contribution in [1.29, 1.82) is 0 Å². The number of hydrogen-bond acceptors (Lipinski definition) is 2. The van der Waals surface area contributed by atoms with Crippen LogP contribution in [0.2, 0.25) is 0 Å². The Morgan fingerprint density at radius 2 is 1.72 bits per heavy atom. The van der Waals surface area contributed by atoms with Crippen molar-refractivity contribution in [1.82, 2.24) is 4.90 Å². The molecule has 0 radical (unpaired) electrons. The summed E-state index contributed by atoms with van der Waals surface area (Å²) in [5.41, 5.74) is 1.71. The molecule has 0 bridgehead atoms. The first kappa shape index (κ1) is 21.0. The number of hydrogen-bond donors (Lipinski definition) is 0. The summed E-state index contributed by atoms with van der Waals surface area (Å²) in [4.78, 5) is 16.3. The van der Waals surface area contributed by atoms with Crippen LogP contribution in [0.15, 0.2) is 65.9 Å². The molecule has 1 aliphatic heterocycles. The number of carbonyl (C=O) groups is 1. The van der Waals surface area contributed by atoms with E-state index in [9.17, 15) is 18.0 Å². The first-order valence-corrected chi connectivity index (χ1v) is 9.64. The fourth-order valence-electron chi connectivity index (χ4n) is 3.87. The zero-order valence-corrected chi connectivity index (χ0v) is 16.8. The van der Waals surface area contributed by atoms with Crippen molar-refractivity contribution in [3.63, 3.8) is 0 Å². The summed E-state index contributed by atoms with van der Waals surface area (Å²) >= 11 is 0. The minimum absolute atomic E-state index is 0.0970. The van der Waals surface area contributed by atoms with Gasteiger partial charge >= 0.3 is 6.18 Å². The van der Waals surface area contributed by atoms with Crippen molar-refractivity contribution in [3.05, 3.63) is 77.0 Å². The van der Waals surface area contributed by atoms with Crippen LogP contribution in [0.4, 0.5) is 18.9 Å². The highest BCUT2D eigenvalue weighted by Crippen LogP contribution is 2.42. The van der Waals surface area contributed by atoms with Crippen LogP contribution in [0.5, 0.6) is 0 Å². The lowest BCUT2D eigenvalue weighted by molar-refractivity contribution is -0.137. The zero-order valence-electron chi connectivity index (χ0n) is 16.8. The van der Waals surface area contributed by atoms with E-state index >= 15 is 0 Å². The number of halogens is 3. The number of anilines is 1. The summed E-state index contributed by atoms with van der Waals surface area (Å²) in [5, 5.41) is 0. The first-order valence-electron chi connectivity index (χ1n) is 9.64. The summed E-state index contributed by atoms with van der Waals surface area (Å²) in [7, 11) is 1.74. The van der Waals surface area contributed by atoms with Gasteiger partial charge in [0.15, 0.2) is 0 Å². The monoisotopic (exact) mass is 402 g/mol. The highest BCUT2D eigenvalue weighted by Gasteiger charge is 2.39. The smallest absolute Gasteiger partial charge is 0.342 e. The third kappa shape index (κ3) is 4.47. The number of likely N-dealkylation sites (N-methyl/N-ethyl adjacent to an activating group) is 1. The van der Waals surface area contributed by atoms with E-state index in [1.54, 1.807) is 29.8 Å². The van der Waals surface area contributed by atoms with Crippen LogP contribution in [-0.4, -0.2) is 30.4 Å². The molecule has 154 valence electrons. The maximum absolute atomic E-state index is 13.5. The normalized spacial score (nSPS) is 17.0. The van der Waals surface area contributed by atoms with Gasteiger partial charge in [-0.1, -0.05) is 42.5 Å². The molecule has 0 N–H and O–H groups in total. The van der Waals surface area contributed by atoms with Gasteiger partial charge in [-0.2, -0.15) is 13.2 Å². The Hall–Kier alpha value is -2.76. The van der Waals surface area contributed by atoms with Gasteiger partial charge in [0.1, 0.15) is 0 Å². The lowest BCUT2D eigenvalue weighted by atomic mass is 10.1. The summed E-state index contributed by atoms with van der Waals surface area (Å²) in [6, 6.07) is 15.2. The van der Waals surface area contributed by atoms with Crippen molar-refractivity contribution in [3.8, 4) is 0 Å². The predicted molar refractivity (Wildman–Crippen MR) is 108 cm³/mol. The molecule has 0 spiro atoms. The predicted octanol–water partition coefficient (Wildman–Crippen LogP) is 5.28. The molecule has 3 rings (SSSR count). The number of amides is 1. The Bertz CT molecular complexity index is 906. The van der Waals surface area contributed by atoms with Gasteiger partial charge in [-0.25, -0.2) is 0 Å². The van der Waals surface area contributed by atoms with E-state index in [0.29, 0.717) is 24.2 Å². The van der Waals surface area contributed by atoms with Crippen molar-refractivity contribution >= 4 is 11.6 Å². The molecule has 1 atom stereocenters. The molecule has 6 heteroatoms. The Balaban J connectivity index is 1.82. The molecule has 2 aromatic rings. The van der Waals surface area contributed by atoms with E-state index in [-0.39, 0.29) is 17.6 Å². The van der Waals surface area contributed by atoms with Crippen LogP contribution in [0.25, 0.3) is 0 Å². The Morgan fingerprint density at radius 3 is 2.38 bits per heavy atom. The van der Waals surface area contributed by atoms with Gasteiger partial charge in [0.2, 0.25) is 0 Å². The molecule has 1 unspecified atom stereocenters. The van der Waals surface area contributed by atoms with E-state index in [1.165, 1.54) is 12.1 Å². The number of allylic oxidation sites excluding steroid dienone is 1. The van der Waals surface area contributed by atoms with Gasteiger partial charge < -0.3 is 9.80 Å². The van der Waals surface area contributed by atoms with Gasteiger partial charge in [0.25, 0.3) is 5.91 Å². The third-order valence-electron chi connectivity index (χ3n) is 5.39. The third-order valence-corrected chi connectivity index (χ3v) is 5.39. The van der Waals surface area contributed by atoms with Crippen LogP contribution < -0.4 is 4.90 Å². The molecule has 1 heterocycles. The Labute approximate surface area is 169 Å². The number of benzene rings is 2. The second kappa shape index (κ2) is 8.31. The van der Waals surface area contributed by atoms with Crippen LogP contribution >= 0.6 is 0 Å². The maximum Gasteiger partial charge on any atom is 0.418 e. The summed E-state index contributed by atoms with van der Waals surface area (Å²) in [5.74, 6) is -0.128. The van der Waals surface area contributed by atoms with E-state index in [4.69, 9.17) is 0 Å². The van der Waals surface area contributed by atoms with Crippen molar-refractivity contribution < 1.29 is 18.0 Å². The molecular formula is C23H25F3N2O. The van der Waals surface area contributed by atoms with Gasteiger partial charge in [0, 0.05) is 37.3 Å². The molecular weight excluding hydrogens is 377 g/mol. The number of carbonyl (C=O) groups excluding carboxylic acids is 1. The van der Waals surface area contributed by atoms with Gasteiger partial charge in [-0.15, -0.1) is 0 Å². The van der Waals surface area contributed by atoms with E-state index in [1.807, 2.05) is 37.3 Å². The van der Waals surface area contributed by atoms with Gasteiger partial charge in [-0.3, -0.25) is 4.79 Å². The number of nitrogens with zero attached hydrogens (tertiary/aromatic N) is 2. The van der Waals surface area contributed by atoms with Crippen molar-refractivity contribution in [2.24, 2.45) is 0 Å². The van der Waals surface area contributed by atoms with Crippen molar-refractivity contribution in [2.45, 2.75) is 38.9 Å². The lowest BCUT2D eigenvalue weighted by Gasteiger charge is -2.28. The van der Waals surface area contributed by atoms with E-state index < -0.39 is 11.7 Å². The second-order valence-corrected chi connectivity index (χ2v) is 7.46. The van der Waals surface area contributed by atoms with Gasteiger partial charge in [0.05, 0.1) is 11.3 Å². The molecule has 0 saturated heterocycles. The number of alkyl halides is 3. The van der Waals surface area contributed by atoms with E-state index in [0.717, 1.165) is 18.1 Å². The van der Waals surface area contributed by atoms with Crippen LogP contribution in [0.3, 0.4) is 0 Å². The molecule has 0 aliphatic carbocycles. The standard InChI is InChI=1S/C23H25F3N2O/c1-16-15-19(22(29)27(3)14-13-18-9-5-4-6-10-18)17(2)28(16)21-12-8-7-11-20(21)23(24,25)26/h4-12,16H,13-15H2,1-3H3. The zero-order chi connectivity index (χ0) is 21.2. The maximum atomic E-state index is 13.5. The van der Waals surface area contributed by atoms with Crippen LogP contribution in [-0.2, 0) is 17.4 Å². The SMILES string of the molecule is CC1=C(C(=O)N(C)CCc2ccccc2)CC(C)N1c1ccccc1C(F)(F)F. The molecule has 1 amide bonds. The molecule has 29 heavy (non-hydrogen) atoms. The van der Waals surface area contributed by atoms with E-state index in [2.05, 4.69) is 0 Å². The number of rotatable bonds is 5. The molecule has 2 aromatic carbocycles. The topological polar surface area (TPSA) is 23.6 Å². The fraction of sp³-hybridized carbons (Fsp3) is 0.348. The molecule has 0 aromatic heterocycles. The average molecular weight is 402 g/mol. The highest BCUT2D eigenvalue weighted by molar-refractivity contribution is 5.96. The summed E-state index contributed by atoms with van der Waals surface area (Å²) in [6.07, 6.45) is -3.30. The Morgan fingerprint density at radius 1 is 1.10 bits per heavy atom. The largest absolute Gasteiger partial charge is 0.418 e. The molecule has 1 aliphatic rings. The highest BCUT2D eigenvalue weighted by atomic mass is 19.4. The molecule has 0 fully saturated rings. The fourth-order valence-corrected chi connectivity index (χ4v) is 3.87.